The Hall–Kier alpha value is -2.93. The van der Waals surface area contributed by atoms with Gasteiger partial charge in [0, 0.05) is 18.3 Å². The Kier molecular flexibility index (Phi) is 5.65. The molecule has 0 saturated heterocycles. The van der Waals surface area contributed by atoms with Crippen LogP contribution in [-0.4, -0.2) is 18.6 Å². The fraction of sp³-hybridized carbons (Fsp3) is 0. The number of nitriles is 1. The number of hydrogen-bond donors (Lipinski definition) is 1. The molecule has 11 heteroatoms. The van der Waals surface area contributed by atoms with Crippen LogP contribution in [-0.2, 0) is 10.0 Å². The summed E-state index contributed by atoms with van der Waals surface area (Å²) in [4.78, 5) is -0.687. The average molecular weight is 439 g/mol. The molecule has 1 aromatic heterocycles. The topological polar surface area (TPSA) is 105 Å². The molecule has 0 aliphatic carbocycles. The highest BCUT2D eigenvalue weighted by Crippen LogP contribution is 2.35. The molecular formula is C17H9Cl2FN4O3S. The van der Waals surface area contributed by atoms with E-state index in [-0.39, 0.29) is 32.9 Å². The van der Waals surface area contributed by atoms with Gasteiger partial charge in [0.25, 0.3) is 10.0 Å². The zero-order chi connectivity index (χ0) is 20.3. The van der Waals surface area contributed by atoms with Crippen LogP contribution in [0.25, 0.3) is 0 Å². The highest BCUT2D eigenvalue weighted by molar-refractivity contribution is 7.92. The van der Waals surface area contributed by atoms with Crippen LogP contribution < -0.4 is 9.46 Å². The molecule has 0 bridgehead atoms. The molecule has 28 heavy (non-hydrogen) atoms. The SMILES string of the molecule is N#Cc1ccc(Oc2cc(F)c(S(=O)(=O)Nc3cccnn3)cc2Cl)cc1Cl. The van der Waals surface area contributed by atoms with Crippen LogP contribution in [0.15, 0.2) is 53.6 Å². The van der Waals surface area contributed by atoms with E-state index in [0.29, 0.717) is 0 Å². The summed E-state index contributed by atoms with van der Waals surface area (Å²) in [5.74, 6) is -1.10. The van der Waals surface area contributed by atoms with E-state index in [1.807, 2.05) is 6.07 Å². The molecule has 1 N–H and O–H groups in total. The Bertz CT molecular complexity index is 1180. The summed E-state index contributed by atoms with van der Waals surface area (Å²) in [5.41, 5.74) is 0.239. The number of halogens is 3. The van der Waals surface area contributed by atoms with Crippen molar-refractivity contribution < 1.29 is 17.5 Å². The lowest BCUT2D eigenvalue weighted by Gasteiger charge is -2.12. The van der Waals surface area contributed by atoms with Crippen LogP contribution >= 0.6 is 23.2 Å². The van der Waals surface area contributed by atoms with Crippen LogP contribution in [0.3, 0.4) is 0 Å². The summed E-state index contributed by atoms with van der Waals surface area (Å²) in [6, 6.07) is 10.7. The predicted octanol–water partition coefficient (Wildman–Crippen LogP) is 4.39. The van der Waals surface area contributed by atoms with E-state index in [1.165, 1.54) is 36.5 Å². The minimum atomic E-state index is -4.30. The summed E-state index contributed by atoms with van der Waals surface area (Å²) in [6.45, 7) is 0. The van der Waals surface area contributed by atoms with Gasteiger partial charge in [0.2, 0.25) is 0 Å². The van der Waals surface area contributed by atoms with E-state index < -0.39 is 20.7 Å². The third-order valence-electron chi connectivity index (χ3n) is 3.38. The Morgan fingerprint density at radius 2 is 1.93 bits per heavy atom. The summed E-state index contributed by atoms with van der Waals surface area (Å²) in [6.07, 6.45) is 1.36. The summed E-state index contributed by atoms with van der Waals surface area (Å²) in [7, 11) is -4.30. The second kappa shape index (κ2) is 7.98. The van der Waals surface area contributed by atoms with Crippen molar-refractivity contribution in [2.45, 2.75) is 4.90 Å². The molecule has 2 aromatic carbocycles. The molecule has 7 nitrogen and oxygen atoms in total. The lowest BCUT2D eigenvalue weighted by atomic mass is 10.2. The molecular weight excluding hydrogens is 430 g/mol. The van der Waals surface area contributed by atoms with Crippen molar-refractivity contribution in [3.8, 4) is 17.6 Å². The predicted molar refractivity (Wildman–Crippen MR) is 100 cm³/mol. The molecule has 0 aliphatic rings. The van der Waals surface area contributed by atoms with E-state index in [2.05, 4.69) is 14.9 Å². The standard InChI is InChI=1S/C17H9Cl2FN4O3S/c18-12-6-11(4-3-10(12)9-21)27-15-8-14(20)16(7-13(15)19)28(25,26)24-17-2-1-5-22-23-17/h1-8H,(H,23,24). The highest BCUT2D eigenvalue weighted by atomic mass is 35.5. The number of sulfonamides is 1. The zero-order valence-electron chi connectivity index (χ0n) is 13.7. The molecule has 0 fully saturated rings. The monoisotopic (exact) mass is 438 g/mol. The Labute approximate surface area is 169 Å². The van der Waals surface area contributed by atoms with Gasteiger partial charge in [0.05, 0.1) is 15.6 Å². The minimum absolute atomic E-state index is 0.0782. The first kappa shape index (κ1) is 19.8. The first-order valence-electron chi connectivity index (χ1n) is 7.47. The molecule has 0 aliphatic heterocycles. The van der Waals surface area contributed by atoms with E-state index >= 15 is 0 Å². The molecule has 0 unspecified atom stereocenters. The molecule has 0 atom stereocenters. The van der Waals surface area contributed by atoms with Crippen LogP contribution in [0.5, 0.6) is 11.5 Å². The third-order valence-corrected chi connectivity index (χ3v) is 5.35. The Balaban J connectivity index is 1.91. The van der Waals surface area contributed by atoms with E-state index in [1.54, 1.807) is 0 Å². The maximum atomic E-state index is 14.5. The molecule has 3 aromatic rings. The third kappa shape index (κ3) is 4.31. The van der Waals surface area contributed by atoms with Gasteiger partial charge in [-0.1, -0.05) is 23.2 Å². The second-order valence-corrected chi connectivity index (χ2v) is 7.75. The Morgan fingerprint density at radius 3 is 2.57 bits per heavy atom. The van der Waals surface area contributed by atoms with Crippen molar-refractivity contribution in [3.63, 3.8) is 0 Å². The number of nitrogens with one attached hydrogen (secondary N) is 1. The second-order valence-electron chi connectivity index (χ2n) is 5.28. The molecule has 3 rings (SSSR count). The van der Waals surface area contributed by atoms with E-state index in [0.717, 1.165) is 12.1 Å². The van der Waals surface area contributed by atoms with Crippen LogP contribution in [0, 0.1) is 17.1 Å². The zero-order valence-corrected chi connectivity index (χ0v) is 16.1. The fourth-order valence-corrected chi connectivity index (χ4v) is 3.68. The average Bonchev–Trinajstić information content (AvgIpc) is 2.65. The smallest absolute Gasteiger partial charge is 0.266 e. The number of aromatic nitrogens is 2. The fourth-order valence-electron chi connectivity index (χ4n) is 2.12. The van der Waals surface area contributed by atoms with Gasteiger partial charge in [0.1, 0.15) is 28.3 Å². The molecule has 0 spiro atoms. The molecule has 1 heterocycles. The van der Waals surface area contributed by atoms with Crippen LogP contribution in [0.2, 0.25) is 10.0 Å². The van der Waals surface area contributed by atoms with Crippen molar-refractivity contribution in [1.29, 1.82) is 5.26 Å². The largest absolute Gasteiger partial charge is 0.456 e. The van der Waals surface area contributed by atoms with E-state index in [4.69, 9.17) is 33.2 Å². The Morgan fingerprint density at radius 1 is 1.14 bits per heavy atom. The van der Waals surface area contributed by atoms with Gasteiger partial charge in [-0.25, -0.2) is 12.8 Å². The normalized spacial score (nSPS) is 10.9. The lowest BCUT2D eigenvalue weighted by Crippen LogP contribution is -2.15. The number of ether oxygens (including phenoxy) is 1. The van der Waals surface area contributed by atoms with Gasteiger partial charge in [-0.15, -0.1) is 5.10 Å². The first-order chi connectivity index (χ1) is 13.3. The number of hydrogen-bond acceptors (Lipinski definition) is 6. The number of benzene rings is 2. The van der Waals surface area contributed by atoms with Gasteiger partial charge >= 0.3 is 0 Å². The van der Waals surface area contributed by atoms with Gasteiger partial charge < -0.3 is 4.74 Å². The molecule has 0 saturated carbocycles. The minimum Gasteiger partial charge on any atom is -0.456 e. The van der Waals surface area contributed by atoms with Crippen molar-refractivity contribution in [2.24, 2.45) is 0 Å². The van der Waals surface area contributed by atoms with Crippen molar-refractivity contribution in [2.75, 3.05) is 4.72 Å². The van der Waals surface area contributed by atoms with Gasteiger partial charge in [0.15, 0.2) is 5.82 Å². The molecule has 0 amide bonds. The first-order valence-corrected chi connectivity index (χ1v) is 9.71. The summed E-state index contributed by atoms with van der Waals surface area (Å²) >= 11 is 12.0. The molecule has 0 radical (unpaired) electrons. The number of nitrogens with zero attached hydrogens (tertiary/aromatic N) is 3. The summed E-state index contributed by atoms with van der Waals surface area (Å²) in [5, 5.41) is 16.0. The van der Waals surface area contributed by atoms with Gasteiger partial charge in [-0.05, 0) is 30.3 Å². The quantitative estimate of drug-likeness (QED) is 0.633. The van der Waals surface area contributed by atoms with Crippen LogP contribution in [0.1, 0.15) is 5.56 Å². The number of rotatable bonds is 5. The van der Waals surface area contributed by atoms with Crippen molar-refractivity contribution in [1.82, 2.24) is 10.2 Å². The van der Waals surface area contributed by atoms with Crippen LogP contribution in [0.4, 0.5) is 10.2 Å². The summed E-state index contributed by atoms with van der Waals surface area (Å²) < 4.78 is 46.8. The van der Waals surface area contributed by atoms with Crippen molar-refractivity contribution >= 4 is 39.0 Å². The maximum Gasteiger partial charge on any atom is 0.266 e. The van der Waals surface area contributed by atoms with Crippen molar-refractivity contribution in [3.05, 3.63) is 70.1 Å². The maximum absolute atomic E-state index is 14.5. The van der Waals surface area contributed by atoms with Gasteiger partial charge in [-0.2, -0.15) is 10.4 Å². The number of anilines is 1. The molecule has 142 valence electrons. The lowest BCUT2D eigenvalue weighted by molar-refractivity contribution is 0.474. The van der Waals surface area contributed by atoms with E-state index in [9.17, 15) is 12.8 Å². The van der Waals surface area contributed by atoms with Gasteiger partial charge in [-0.3, -0.25) is 4.72 Å². The highest BCUT2D eigenvalue weighted by Gasteiger charge is 2.23.